The lowest BCUT2D eigenvalue weighted by atomic mass is 10.0. The maximum absolute atomic E-state index is 14.0. The third-order valence-corrected chi connectivity index (χ3v) is 7.43. The van der Waals surface area contributed by atoms with Crippen molar-refractivity contribution >= 4 is 28.2 Å². The number of benzene rings is 1. The number of methoxy groups -OCH3 is 1. The van der Waals surface area contributed by atoms with Crippen LogP contribution in [-0.4, -0.2) is 37.8 Å². The Morgan fingerprint density at radius 2 is 1.97 bits per heavy atom. The maximum Gasteiger partial charge on any atom is 0.280 e. The minimum atomic E-state index is -0.810. The number of nitrogens with zero attached hydrogens (tertiary/aromatic N) is 5. The number of fused-ring (bicyclic) bond motifs is 3. The van der Waals surface area contributed by atoms with E-state index in [1.165, 1.54) is 0 Å². The molecule has 4 heterocycles. The number of imidazole rings is 1. The lowest BCUT2D eigenvalue weighted by Gasteiger charge is -2.28. The Balaban J connectivity index is 1.62. The number of hydrogen-bond donors (Lipinski definition) is 0. The Morgan fingerprint density at radius 1 is 1.15 bits per heavy atom. The molecule has 2 fully saturated rings. The van der Waals surface area contributed by atoms with E-state index in [4.69, 9.17) is 25.6 Å². The Labute approximate surface area is 194 Å². The second-order valence-corrected chi connectivity index (χ2v) is 9.42. The van der Waals surface area contributed by atoms with Crippen LogP contribution in [0.2, 0.25) is 5.02 Å². The summed E-state index contributed by atoms with van der Waals surface area (Å²) >= 11 is 6.60. The highest BCUT2D eigenvalue weighted by molar-refractivity contribution is 6.35. The maximum atomic E-state index is 14.0. The first-order chi connectivity index (χ1) is 16.0. The van der Waals surface area contributed by atoms with Crippen molar-refractivity contribution in [2.45, 2.75) is 56.8 Å². The summed E-state index contributed by atoms with van der Waals surface area (Å²) in [6, 6.07) is 5.54. The molecule has 172 valence electrons. The van der Waals surface area contributed by atoms with Gasteiger partial charge in [-0.25, -0.2) is 4.98 Å². The molecule has 1 aliphatic heterocycles. The number of halogens is 1. The van der Waals surface area contributed by atoms with Crippen molar-refractivity contribution in [2.24, 2.45) is 0 Å². The van der Waals surface area contributed by atoms with Gasteiger partial charge in [-0.05, 0) is 57.6 Å². The van der Waals surface area contributed by atoms with Gasteiger partial charge >= 0.3 is 0 Å². The zero-order valence-electron chi connectivity index (χ0n) is 18.5. The molecular formula is C23H24ClN5O4. The quantitative estimate of drug-likeness (QED) is 0.440. The number of hydrogen-bond acceptors (Lipinski definition) is 7. The normalized spacial score (nSPS) is 22.6. The highest BCUT2D eigenvalue weighted by Gasteiger charge is 2.42. The first kappa shape index (κ1) is 20.8. The van der Waals surface area contributed by atoms with Gasteiger partial charge in [-0.1, -0.05) is 22.8 Å². The molecule has 6 rings (SSSR count). The monoisotopic (exact) mass is 469 g/mol. The van der Waals surface area contributed by atoms with Crippen LogP contribution in [0.5, 0.6) is 0 Å². The zero-order valence-corrected chi connectivity index (χ0v) is 19.3. The second-order valence-electron chi connectivity index (χ2n) is 9.02. The van der Waals surface area contributed by atoms with Gasteiger partial charge in [0.2, 0.25) is 5.82 Å². The van der Waals surface area contributed by atoms with Crippen LogP contribution in [0.4, 0.5) is 0 Å². The van der Waals surface area contributed by atoms with E-state index in [1.54, 1.807) is 28.5 Å². The van der Waals surface area contributed by atoms with Gasteiger partial charge in [0, 0.05) is 13.7 Å². The molecule has 0 amide bonds. The smallest absolute Gasteiger partial charge is 0.280 e. The SMILES string of the molecule is COC1(c2nc(-c3ncn4c3c(=O)n(C3(C)CCCO3)c3c(Cl)cccc34)no2)CCCC1. The van der Waals surface area contributed by atoms with Crippen LogP contribution in [0.1, 0.15) is 51.3 Å². The first-order valence-electron chi connectivity index (χ1n) is 11.2. The van der Waals surface area contributed by atoms with Gasteiger partial charge in [-0.15, -0.1) is 0 Å². The van der Waals surface area contributed by atoms with E-state index >= 15 is 0 Å². The molecule has 3 aromatic heterocycles. The molecule has 0 bridgehead atoms. The van der Waals surface area contributed by atoms with Crippen molar-refractivity contribution in [2.75, 3.05) is 13.7 Å². The fourth-order valence-electron chi connectivity index (χ4n) is 5.37. The molecule has 0 radical (unpaired) electrons. The highest BCUT2D eigenvalue weighted by Crippen LogP contribution is 2.41. The molecule has 9 nitrogen and oxygen atoms in total. The predicted octanol–water partition coefficient (Wildman–Crippen LogP) is 4.25. The Morgan fingerprint density at radius 3 is 2.70 bits per heavy atom. The van der Waals surface area contributed by atoms with Gasteiger partial charge in [0.15, 0.2) is 0 Å². The molecule has 0 N–H and O–H groups in total. The molecule has 1 aromatic carbocycles. The Kier molecular flexibility index (Phi) is 4.66. The average molecular weight is 470 g/mol. The van der Waals surface area contributed by atoms with Crippen molar-refractivity contribution in [1.82, 2.24) is 24.1 Å². The van der Waals surface area contributed by atoms with Crippen LogP contribution in [0.25, 0.3) is 28.1 Å². The number of rotatable bonds is 4. The number of ether oxygens (including phenoxy) is 2. The van der Waals surface area contributed by atoms with Crippen LogP contribution in [0.15, 0.2) is 33.8 Å². The second kappa shape index (κ2) is 7.38. The van der Waals surface area contributed by atoms with Gasteiger partial charge in [0.1, 0.15) is 28.9 Å². The van der Waals surface area contributed by atoms with Gasteiger partial charge < -0.3 is 14.0 Å². The van der Waals surface area contributed by atoms with Crippen LogP contribution in [0, 0.1) is 0 Å². The summed E-state index contributed by atoms with van der Waals surface area (Å²) in [5, 5.41) is 4.66. The predicted molar refractivity (Wildman–Crippen MR) is 121 cm³/mol. The number of aromatic nitrogens is 5. The molecule has 1 atom stereocenters. The van der Waals surface area contributed by atoms with Gasteiger partial charge in [-0.3, -0.25) is 13.8 Å². The van der Waals surface area contributed by atoms with Crippen molar-refractivity contribution in [3.8, 4) is 11.5 Å². The van der Waals surface area contributed by atoms with Crippen LogP contribution in [0.3, 0.4) is 0 Å². The molecule has 33 heavy (non-hydrogen) atoms. The number of para-hydroxylation sites is 1. The summed E-state index contributed by atoms with van der Waals surface area (Å²) in [5.74, 6) is 0.687. The zero-order chi connectivity index (χ0) is 22.8. The Bertz CT molecular complexity index is 1430. The summed E-state index contributed by atoms with van der Waals surface area (Å²) < 4.78 is 20.9. The molecular weight excluding hydrogens is 446 g/mol. The first-order valence-corrected chi connectivity index (χ1v) is 11.6. The van der Waals surface area contributed by atoms with Crippen LogP contribution >= 0.6 is 11.6 Å². The van der Waals surface area contributed by atoms with E-state index in [1.807, 2.05) is 19.1 Å². The van der Waals surface area contributed by atoms with E-state index in [0.717, 1.165) is 37.6 Å². The molecule has 1 aliphatic carbocycles. The van der Waals surface area contributed by atoms with E-state index in [2.05, 4.69) is 15.1 Å². The molecule has 10 heteroatoms. The summed E-state index contributed by atoms with van der Waals surface area (Å²) in [5.41, 5.74) is 0.426. The fourth-order valence-corrected chi connectivity index (χ4v) is 5.63. The summed E-state index contributed by atoms with van der Waals surface area (Å²) in [7, 11) is 1.66. The Hall–Kier alpha value is -2.75. The van der Waals surface area contributed by atoms with E-state index in [-0.39, 0.29) is 11.4 Å². The van der Waals surface area contributed by atoms with Crippen LogP contribution in [-0.2, 0) is 20.8 Å². The van der Waals surface area contributed by atoms with Gasteiger partial charge in [0.05, 0.1) is 16.1 Å². The standard InChI is InChI=1S/C23H24ClN5O4/c1-22(9-6-12-32-22)29-17-14(24)7-5-8-15(17)28-13-25-16(18(28)20(29)30)19-26-21(33-27-19)23(31-2)10-3-4-11-23/h5,7-8,13H,3-4,6,9-12H2,1-2H3. The molecule has 4 aromatic rings. The van der Waals surface area contributed by atoms with Gasteiger partial charge in [-0.2, -0.15) is 4.98 Å². The fraction of sp³-hybridized carbons (Fsp3) is 0.478. The van der Waals surface area contributed by atoms with Crippen molar-refractivity contribution in [3.05, 3.63) is 45.8 Å². The van der Waals surface area contributed by atoms with Crippen LogP contribution < -0.4 is 5.56 Å². The molecule has 1 saturated heterocycles. The minimum absolute atomic E-state index is 0.262. The third-order valence-electron chi connectivity index (χ3n) is 7.12. The van der Waals surface area contributed by atoms with Crippen molar-refractivity contribution in [3.63, 3.8) is 0 Å². The third kappa shape index (κ3) is 2.92. The van der Waals surface area contributed by atoms with Crippen molar-refractivity contribution in [1.29, 1.82) is 0 Å². The van der Waals surface area contributed by atoms with E-state index < -0.39 is 11.3 Å². The summed E-state index contributed by atoms with van der Waals surface area (Å²) in [4.78, 5) is 23.1. The molecule has 1 saturated carbocycles. The van der Waals surface area contributed by atoms with Crippen molar-refractivity contribution < 1.29 is 14.0 Å². The van der Waals surface area contributed by atoms with Gasteiger partial charge in [0.25, 0.3) is 11.4 Å². The lowest BCUT2D eigenvalue weighted by Crippen LogP contribution is -2.39. The molecule has 0 spiro atoms. The topological polar surface area (TPSA) is 96.7 Å². The van der Waals surface area contributed by atoms with E-state index in [0.29, 0.717) is 40.7 Å². The lowest BCUT2D eigenvalue weighted by molar-refractivity contribution is -0.0447. The minimum Gasteiger partial charge on any atom is -0.368 e. The largest absolute Gasteiger partial charge is 0.368 e. The molecule has 1 unspecified atom stereocenters. The molecule has 2 aliphatic rings. The highest BCUT2D eigenvalue weighted by atomic mass is 35.5. The average Bonchev–Trinajstić information content (AvgIpc) is 3.60. The van der Waals surface area contributed by atoms with E-state index in [9.17, 15) is 4.79 Å². The summed E-state index contributed by atoms with van der Waals surface area (Å²) in [6.45, 7) is 2.51. The summed E-state index contributed by atoms with van der Waals surface area (Å²) in [6.07, 6.45) is 6.88.